The molecule has 78 valence electrons. The Morgan fingerprint density at radius 2 is 1.71 bits per heavy atom. The van der Waals surface area contributed by atoms with Gasteiger partial charge in [0.15, 0.2) is 0 Å². The van der Waals surface area contributed by atoms with Crippen LogP contribution in [0.5, 0.6) is 5.75 Å². The molecule has 0 heterocycles. The van der Waals surface area contributed by atoms with Crippen molar-refractivity contribution in [2.45, 2.75) is 19.8 Å². The molecule has 1 aromatic carbocycles. The fourth-order valence-corrected chi connectivity index (χ4v) is 1.15. The summed E-state index contributed by atoms with van der Waals surface area (Å²) in [5, 5.41) is 0. The number of ether oxygens (including phenoxy) is 1. The maximum absolute atomic E-state index is 5.53. The standard InChI is InChI=1S/C12H19NO/c1-10(2)11-5-7-12(8-6-11)14-9-13(3)4/h5-8,10H,9H2,1-4H3. The number of rotatable bonds is 4. The molecule has 0 saturated carbocycles. The van der Waals surface area contributed by atoms with Crippen molar-refractivity contribution in [2.75, 3.05) is 20.8 Å². The highest BCUT2D eigenvalue weighted by Gasteiger charge is 1.99. The lowest BCUT2D eigenvalue weighted by Gasteiger charge is -2.12. The first kappa shape index (κ1) is 11.1. The maximum Gasteiger partial charge on any atom is 0.141 e. The molecule has 0 fully saturated rings. The molecule has 0 atom stereocenters. The van der Waals surface area contributed by atoms with Gasteiger partial charge in [-0.2, -0.15) is 0 Å². The van der Waals surface area contributed by atoms with Gasteiger partial charge in [0.2, 0.25) is 0 Å². The minimum atomic E-state index is 0.581. The van der Waals surface area contributed by atoms with Gasteiger partial charge in [-0.1, -0.05) is 26.0 Å². The molecule has 1 aromatic rings. The average Bonchev–Trinajstić information content (AvgIpc) is 2.15. The molecule has 0 saturated heterocycles. The van der Waals surface area contributed by atoms with Gasteiger partial charge in [-0.15, -0.1) is 0 Å². The third-order valence-electron chi connectivity index (χ3n) is 2.04. The van der Waals surface area contributed by atoms with Crippen molar-refractivity contribution in [3.05, 3.63) is 29.8 Å². The van der Waals surface area contributed by atoms with Crippen LogP contribution in [-0.4, -0.2) is 25.7 Å². The van der Waals surface area contributed by atoms with E-state index in [1.54, 1.807) is 0 Å². The Labute approximate surface area is 86.5 Å². The van der Waals surface area contributed by atoms with Crippen LogP contribution in [0.1, 0.15) is 25.3 Å². The van der Waals surface area contributed by atoms with Gasteiger partial charge >= 0.3 is 0 Å². The van der Waals surface area contributed by atoms with Crippen LogP contribution < -0.4 is 4.74 Å². The van der Waals surface area contributed by atoms with Gasteiger partial charge in [0.25, 0.3) is 0 Å². The van der Waals surface area contributed by atoms with Crippen molar-refractivity contribution in [1.82, 2.24) is 4.90 Å². The van der Waals surface area contributed by atoms with E-state index in [0.29, 0.717) is 12.6 Å². The Hall–Kier alpha value is -1.02. The molecular weight excluding hydrogens is 174 g/mol. The van der Waals surface area contributed by atoms with E-state index in [1.807, 2.05) is 31.1 Å². The average molecular weight is 193 g/mol. The van der Waals surface area contributed by atoms with Gasteiger partial charge in [0, 0.05) is 0 Å². The van der Waals surface area contributed by atoms with Crippen molar-refractivity contribution in [3.63, 3.8) is 0 Å². The summed E-state index contributed by atoms with van der Waals surface area (Å²) in [6.45, 7) is 5.01. The van der Waals surface area contributed by atoms with Gasteiger partial charge < -0.3 is 4.74 Å². The molecule has 0 aromatic heterocycles. The van der Waals surface area contributed by atoms with Gasteiger partial charge in [0.1, 0.15) is 12.5 Å². The van der Waals surface area contributed by atoms with E-state index in [-0.39, 0.29) is 0 Å². The summed E-state index contributed by atoms with van der Waals surface area (Å²) in [4.78, 5) is 2.00. The van der Waals surface area contributed by atoms with E-state index >= 15 is 0 Å². The van der Waals surface area contributed by atoms with Crippen LogP contribution in [-0.2, 0) is 0 Å². The zero-order valence-corrected chi connectivity index (χ0v) is 9.45. The second-order valence-corrected chi connectivity index (χ2v) is 4.08. The van der Waals surface area contributed by atoms with Crippen LogP contribution in [0.2, 0.25) is 0 Å². The SMILES string of the molecule is CC(C)c1ccc(OCN(C)C)cc1. The van der Waals surface area contributed by atoms with Crippen LogP contribution in [0.15, 0.2) is 24.3 Å². The first-order valence-electron chi connectivity index (χ1n) is 4.97. The highest BCUT2D eigenvalue weighted by Crippen LogP contribution is 2.18. The fourth-order valence-electron chi connectivity index (χ4n) is 1.15. The second kappa shape index (κ2) is 5.01. The highest BCUT2D eigenvalue weighted by atomic mass is 16.5. The van der Waals surface area contributed by atoms with Crippen molar-refractivity contribution in [1.29, 1.82) is 0 Å². The molecular formula is C12H19NO. The monoisotopic (exact) mass is 193 g/mol. The minimum Gasteiger partial charge on any atom is -0.478 e. The number of nitrogens with zero attached hydrogens (tertiary/aromatic N) is 1. The summed E-state index contributed by atoms with van der Waals surface area (Å²) in [5.74, 6) is 1.51. The molecule has 0 amide bonds. The zero-order valence-electron chi connectivity index (χ0n) is 9.45. The number of hydrogen-bond acceptors (Lipinski definition) is 2. The Morgan fingerprint density at radius 3 is 2.14 bits per heavy atom. The van der Waals surface area contributed by atoms with E-state index < -0.39 is 0 Å². The van der Waals surface area contributed by atoms with Crippen LogP contribution in [0.25, 0.3) is 0 Å². The Kier molecular flexibility index (Phi) is 3.96. The number of hydrogen-bond donors (Lipinski definition) is 0. The largest absolute Gasteiger partial charge is 0.478 e. The van der Waals surface area contributed by atoms with Gasteiger partial charge in [-0.3, -0.25) is 4.90 Å². The Bertz CT molecular complexity index is 264. The molecule has 0 unspecified atom stereocenters. The Balaban J connectivity index is 2.55. The van der Waals surface area contributed by atoms with Crippen LogP contribution in [0, 0.1) is 0 Å². The smallest absolute Gasteiger partial charge is 0.141 e. The topological polar surface area (TPSA) is 12.5 Å². The van der Waals surface area contributed by atoms with Gasteiger partial charge in [-0.25, -0.2) is 0 Å². The second-order valence-electron chi connectivity index (χ2n) is 4.08. The predicted molar refractivity (Wildman–Crippen MR) is 59.7 cm³/mol. The predicted octanol–water partition coefficient (Wildman–Crippen LogP) is 2.71. The maximum atomic E-state index is 5.53. The molecule has 0 aliphatic rings. The molecule has 2 heteroatoms. The quantitative estimate of drug-likeness (QED) is 0.682. The number of benzene rings is 1. The molecule has 0 spiro atoms. The van der Waals surface area contributed by atoms with E-state index in [1.165, 1.54) is 5.56 Å². The molecule has 2 nitrogen and oxygen atoms in total. The van der Waals surface area contributed by atoms with E-state index in [4.69, 9.17) is 4.74 Å². The first-order chi connectivity index (χ1) is 6.59. The molecule has 0 aliphatic heterocycles. The lowest BCUT2D eigenvalue weighted by atomic mass is 10.0. The van der Waals surface area contributed by atoms with E-state index in [2.05, 4.69) is 26.0 Å². The third-order valence-corrected chi connectivity index (χ3v) is 2.04. The summed E-state index contributed by atoms with van der Waals surface area (Å²) >= 11 is 0. The van der Waals surface area contributed by atoms with Crippen molar-refractivity contribution < 1.29 is 4.74 Å². The third kappa shape index (κ3) is 3.38. The summed E-state index contributed by atoms with van der Waals surface area (Å²) in [6.07, 6.45) is 0. The normalized spacial score (nSPS) is 11.0. The molecule has 0 aliphatic carbocycles. The minimum absolute atomic E-state index is 0.581. The molecule has 14 heavy (non-hydrogen) atoms. The van der Waals surface area contributed by atoms with Gasteiger partial charge in [0.05, 0.1) is 0 Å². The van der Waals surface area contributed by atoms with Crippen molar-refractivity contribution in [3.8, 4) is 5.75 Å². The fraction of sp³-hybridized carbons (Fsp3) is 0.500. The molecule has 0 radical (unpaired) electrons. The summed E-state index contributed by atoms with van der Waals surface area (Å²) in [5.41, 5.74) is 1.35. The van der Waals surface area contributed by atoms with E-state index in [9.17, 15) is 0 Å². The summed E-state index contributed by atoms with van der Waals surface area (Å²) < 4.78 is 5.53. The molecule has 1 rings (SSSR count). The van der Waals surface area contributed by atoms with E-state index in [0.717, 1.165) is 5.75 Å². The molecule has 0 N–H and O–H groups in total. The zero-order chi connectivity index (χ0) is 10.6. The van der Waals surface area contributed by atoms with Crippen LogP contribution >= 0.6 is 0 Å². The highest BCUT2D eigenvalue weighted by molar-refractivity contribution is 5.28. The molecule has 0 bridgehead atoms. The first-order valence-corrected chi connectivity index (χ1v) is 4.97. The van der Waals surface area contributed by atoms with Crippen LogP contribution in [0.4, 0.5) is 0 Å². The van der Waals surface area contributed by atoms with Gasteiger partial charge in [-0.05, 0) is 37.7 Å². The lowest BCUT2D eigenvalue weighted by Crippen LogP contribution is -2.18. The van der Waals surface area contributed by atoms with Crippen LogP contribution in [0.3, 0.4) is 0 Å². The summed E-state index contributed by atoms with van der Waals surface area (Å²) in [7, 11) is 3.98. The summed E-state index contributed by atoms with van der Waals surface area (Å²) in [6, 6.07) is 8.29. The van der Waals surface area contributed by atoms with Crippen molar-refractivity contribution in [2.24, 2.45) is 0 Å². The Morgan fingerprint density at radius 1 is 1.14 bits per heavy atom. The lowest BCUT2D eigenvalue weighted by molar-refractivity contribution is 0.179. The van der Waals surface area contributed by atoms with Crippen molar-refractivity contribution >= 4 is 0 Å².